The molecule has 0 saturated carbocycles. The summed E-state index contributed by atoms with van der Waals surface area (Å²) in [6, 6.07) is 16.2. The number of carbonyl (C=O) groups excluding carboxylic acids is 2. The predicted octanol–water partition coefficient (Wildman–Crippen LogP) is 3.85. The van der Waals surface area contributed by atoms with Crippen molar-refractivity contribution in [1.82, 2.24) is 4.98 Å². The third kappa shape index (κ3) is 3.49. The molecule has 0 radical (unpaired) electrons. The Morgan fingerprint density at radius 1 is 1.08 bits per heavy atom. The molecule has 3 rings (SSSR count). The van der Waals surface area contributed by atoms with Crippen LogP contribution in [0.4, 0.5) is 5.69 Å². The maximum absolute atomic E-state index is 12.3. The van der Waals surface area contributed by atoms with E-state index in [1.54, 1.807) is 29.6 Å². The lowest BCUT2D eigenvalue weighted by molar-refractivity contribution is 0.0600. The Morgan fingerprint density at radius 2 is 1.88 bits per heavy atom. The van der Waals surface area contributed by atoms with Crippen molar-refractivity contribution in [2.75, 3.05) is 12.4 Å². The van der Waals surface area contributed by atoms with Crippen LogP contribution in [-0.4, -0.2) is 24.0 Å². The zero-order chi connectivity index (χ0) is 16.9. The standard InChI is InChI=1S/C18H14N2O3S/c1-23-18(22)13-8-5-9-14(10-13)19-16(21)15-11-24-17(20-15)12-6-3-2-4-7-12/h2-11H,1H3,(H,19,21). The zero-order valence-corrected chi connectivity index (χ0v) is 13.7. The number of hydrogen-bond donors (Lipinski definition) is 1. The van der Waals surface area contributed by atoms with Gasteiger partial charge in [0, 0.05) is 16.6 Å². The van der Waals surface area contributed by atoms with Crippen LogP contribution >= 0.6 is 11.3 Å². The number of hydrogen-bond acceptors (Lipinski definition) is 5. The lowest BCUT2D eigenvalue weighted by Crippen LogP contribution is -2.13. The van der Waals surface area contributed by atoms with Crippen molar-refractivity contribution < 1.29 is 14.3 Å². The van der Waals surface area contributed by atoms with Crippen LogP contribution in [0.3, 0.4) is 0 Å². The lowest BCUT2D eigenvalue weighted by atomic mass is 10.2. The van der Waals surface area contributed by atoms with Crippen molar-refractivity contribution in [3.8, 4) is 10.6 Å². The summed E-state index contributed by atoms with van der Waals surface area (Å²) in [5.74, 6) is -0.776. The van der Waals surface area contributed by atoms with Crippen LogP contribution < -0.4 is 5.32 Å². The van der Waals surface area contributed by atoms with Crippen LogP contribution in [0.15, 0.2) is 60.0 Å². The lowest BCUT2D eigenvalue weighted by Gasteiger charge is -2.05. The first-order valence-electron chi connectivity index (χ1n) is 7.18. The van der Waals surface area contributed by atoms with Gasteiger partial charge < -0.3 is 10.1 Å². The minimum Gasteiger partial charge on any atom is -0.465 e. The van der Waals surface area contributed by atoms with Gasteiger partial charge in [0.25, 0.3) is 5.91 Å². The third-order valence-corrected chi connectivity index (χ3v) is 4.19. The first-order valence-corrected chi connectivity index (χ1v) is 8.06. The van der Waals surface area contributed by atoms with E-state index in [0.29, 0.717) is 16.9 Å². The smallest absolute Gasteiger partial charge is 0.337 e. The Hall–Kier alpha value is -2.99. The van der Waals surface area contributed by atoms with Crippen LogP contribution in [0.2, 0.25) is 0 Å². The summed E-state index contributed by atoms with van der Waals surface area (Å²) in [7, 11) is 1.31. The minimum absolute atomic E-state index is 0.324. The highest BCUT2D eigenvalue weighted by Gasteiger charge is 2.13. The number of rotatable bonds is 4. The molecule has 1 amide bonds. The maximum Gasteiger partial charge on any atom is 0.337 e. The number of thiazole rings is 1. The van der Waals surface area contributed by atoms with Crippen LogP contribution in [0, 0.1) is 0 Å². The molecule has 0 aliphatic carbocycles. The van der Waals surface area contributed by atoms with E-state index >= 15 is 0 Å². The molecule has 1 N–H and O–H groups in total. The van der Waals surface area contributed by atoms with Crippen molar-refractivity contribution in [3.05, 3.63) is 71.2 Å². The van der Waals surface area contributed by atoms with Crippen molar-refractivity contribution in [3.63, 3.8) is 0 Å². The normalized spacial score (nSPS) is 10.2. The van der Waals surface area contributed by atoms with Gasteiger partial charge in [-0.15, -0.1) is 11.3 Å². The predicted molar refractivity (Wildman–Crippen MR) is 93.3 cm³/mol. The van der Waals surface area contributed by atoms with Gasteiger partial charge in [0.15, 0.2) is 0 Å². The number of ether oxygens (including phenoxy) is 1. The molecule has 1 heterocycles. The van der Waals surface area contributed by atoms with E-state index in [-0.39, 0.29) is 5.91 Å². The second-order valence-corrected chi connectivity index (χ2v) is 5.79. The number of esters is 1. The minimum atomic E-state index is -0.453. The quantitative estimate of drug-likeness (QED) is 0.734. The molecule has 6 heteroatoms. The molecule has 0 fully saturated rings. The molecule has 0 bridgehead atoms. The van der Waals surface area contributed by atoms with Gasteiger partial charge in [-0.05, 0) is 18.2 Å². The van der Waals surface area contributed by atoms with Crippen molar-refractivity contribution in [2.45, 2.75) is 0 Å². The summed E-state index contributed by atoms with van der Waals surface area (Å²) in [5.41, 5.74) is 2.19. The van der Waals surface area contributed by atoms with E-state index in [4.69, 9.17) is 0 Å². The summed E-state index contributed by atoms with van der Waals surface area (Å²) in [4.78, 5) is 28.2. The van der Waals surface area contributed by atoms with E-state index in [1.165, 1.54) is 18.4 Å². The molecule has 0 aliphatic heterocycles. The third-order valence-electron chi connectivity index (χ3n) is 3.30. The summed E-state index contributed by atoms with van der Waals surface area (Å²) in [5, 5.41) is 5.23. The van der Waals surface area contributed by atoms with Crippen molar-refractivity contribution in [1.29, 1.82) is 0 Å². The monoisotopic (exact) mass is 338 g/mol. The van der Waals surface area contributed by atoms with Gasteiger partial charge in [-0.3, -0.25) is 4.79 Å². The molecule has 1 aromatic heterocycles. The molecule has 24 heavy (non-hydrogen) atoms. The van der Waals surface area contributed by atoms with Crippen molar-refractivity contribution in [2.24, 2.45) is 0 Å². The average molecular weight is 338 g/mol. The molecule has 120 valence electrons. The highest BCUT2D eigenvalue weighted by atomic mass is 32.1. The number of amides is 1. The highest BCUT2D eigenvalue weighted by Crippen LogP contribution is 2.23. The second-order valence-electron chi connectivity index (χ2n) is 4.93. The summed E-state index contributed by atoms with van der Waals surface area (Å²) >= 11 is 1.41. The Morgan fingerprint density at radius 3 is 2.62 bits per heavy atom. The number of methoxy groups -OCH3 is 1. The summed E-state index contributed by atoms with van der Waals surface area (Å²) in [6.07, 6.45) is 0. The molecule has 5 nitrogen and oxygen atoms in total. The molecular weight excluding hydrogens is 324 g/mol. The fourth-order valence-electron chi connectivity index (χ4n) is 2.13. The fourth-order valence-corrected chi connectivity index (χ4v) is 2.93. The van der Waals surface area contributed by atoms with Gasteiger partial charge in [-0.1, -0.05) is 36.4 Å². The SMILES string of the molecule is COC(=O)c1cccc(NC(=O)c2csc(-c3ccccc3)n2)c1. The Labute approximate surface area is 142 Å². The Kier molecular flexibility index (Phi) is 4.67. The Bertz CT molecular complexity index is 875. The molecule has 0 unspecified atom stereocenters. The van der Waals surface area contributed by atoms with Gasteiger partial charge in [0.1, 0.15) is 10.7 Å². The number of aromatic nitrogens is 1. The molecule has 2 aromatic carbocycles. The number of nitrogens with zero attached hydrogens (tertiary/aromatic N) is 1. The number of benzene rings is 2. The van der Waals surface area contributed by atoms with Gasteiger partial charge >= 0.3 is 5.97 Å². The number of nitrogens with one attached hydrogen (secondary N) is 1. The van der Waals surface area contributed by atoms with Gasteiger partial charge in [0.05, 0.1) is 12.7 Å². The van der Waals surface area contributed by atoms with Crippen LogP contribution in [0.1, 0.15) is 20.8 Å². The van der Waals surface area contributed by atoms with Crippen molar-refractivity contribution >= 4 is 28.9 Å². The van der Waals surface area contributed by atoms with Crippen LogP contribution in [0.5, 0.6) is 0 Å². The van der Waals surface area contributed by atoms with Gasteiger partial charge in [-0.25, -0.2) is 9.78 Å². The highest BCUT2D eigenvalue weighted by molar-refractivity contribution is 7.13. The van der Waals surface area contributed by atoms with Crippen LogP contribution in [0.25, 0.3) is 10.6 Å². The fraction of sp³-hybridized carbons (Fsp3) is 0.0556. The van der Waals surface area contributed by atoms with E-state index in [0.717, 1.165) is 10.6 Å². The van der Waals surface area contributed by atoms with E-state index in [2.05, 4.69) is 15.0 Å². The second kappa shape index (κ2) is 7.06. The first-order chi connectivity index (χ1) is 11.7. The summed E-state index contributed by atoms with van der Waals surface area (Å²) < 4.78 is 4.67. The number of anilines is 1. The maximum atomic E-state index is 12.3. The van der Waals surface area contributed by atoms with Gasteiger partial charge in [-0.2, -0.15) is 0 Å². The average Bonchev–Trinajstić information content (AvgIpc) is 3.12. The molecule has 0 aliphatic rings. The van der Waals surface area contributed by atoms with Crippen LogP contribution in [-0.2, 0) is 4.74 Å². The summed E-state index contributed by atoms with van der Waals surface area (Å²) in [6.45, 7) is 0. The topological polar surface area (TPSA) is 68.3 Å². The first kappa shape index (κ1) is 15.9. The van der Waals surface area contributed by atoms with Gasteiger partial charge in [0.2, 0.25) is 0 Å². The Balaban J connectivity index is 1.76. The van der Waals surface area contributed by atoms with E-state index < -0.39 is 5.97 Å². The molecular formula is C18H14N2O3S. The largest absolute Gasteiger partial charge is 0.465 e. The zero-order valence-electron chi connectivity index (χ0n) is 12.9. The molecule has 0 saturated heterocycles. The van der Waals surface area contributed by atoms with E-state index in [1.807, 2.05) is 30.3 Å². The number of carbonyl (C=O) groups is 2. The molecule has 0 spiro atoms. The van der Waals surface area contributed by atoms with E-state index in [9.17, 15) is 9.59 Å². The molecule has 3 aromatic rings. The molecule has 0 atom stereocenters.